The summed E-state index contributed by atoms with van der Waals surface area (Å²) in [6.45, 7) is 0. The zero-order chi connectivity index (χ0) is 19.9. The first-order valence-corrected chi connectivity index (χ1v) is 10.2. The molecule has 0 aliphatic carbocycles. The standard InChI is InChI=1S/C18H13ClN4O3S2/c19-14-6-4-13(5-7-14)16-10-27-18(21-16)28-11-17(24)22-20-9-12-2-1-3-15(8-12)23(25)26/h1-10H,11H2,(H,22,24)/b20-9+. The van der Waals surface area contributed by atoms with Gasteiger partial charge in [0.2, 0.25) is 0 Å². The van der Waals surface area contributed by atoms with Crippen molar-refractivity contribution in [2.45, 2.75) is 4.34 Å². The van der Waals surface area contributed by atoms with Gasteiger partial charge in [0.05, 0.1) is 22.6 Å². The van der Waals surface area contributed by atoms with Crippen LogP contribution in [0, 0.1) is 10.1 Å². The van der Waals surface area contributed by atoms with Crippen LogP contribution < -0.4 is 5.43 Å². The molecular formula is C18H13ClN4O3S2. The van der Waals surface area contributed by atoms with Crippen molar-refractivity contribution < 1.29 is 9.72 Å². The molecule has 0 aliphatic heterocycles. The van der Waals surface area contributed by atoms with Crippen LogP contribution in [0.3, 0.4) is 0 Å². The molecule has 10 heteroatoms. The summed E-state index contributed by atoms with van der Waals surface area (Å²) >= 11 is 8.64. The number of rotatable bonds is 7. The van der Waals surface area contributed by atoms with Gasteiger partial charge >= 0.3 is 0 Å². The first-order chi connectivity index (χ1) is 13.5. The summed E-state index contributed by atoms with van der Waals surface area (Å²) in [7, 11) is 0. The van der Waals surface area contributed by atoms with Gasteiger partial charge in [0, 0.05) is 33.7 Å². The molecule has 1 aromatic heterocycles. The smallest absolute Gasteiger partial charge is 0.270 e. The van der Waals surface area contributed by atoms with Crippen molar-refractivity contribution in [1.29, 1.82) is 0 Å². The maximum Gasteiger partial charge on any atom is 0.270 e. The first-order valence-electron chi connectivity index (χ1n) is 7.92. The molecule has 0 aliphatic rings. The van der Waals surface area contributed by atoms with E-state index >= 15 is 0 Å². The van der Waals surface area contributed by atoms with Crippen LogP contribution >= 0.6 is 34.7 Å². The number of hydrazone groups is 1. The van der Waals surface area contributed by atoms with Crippen LogP contribution in [0.4, 0.5) is 5.69 Å². The Labute approximate surface area is 173 Å². The number of benzene rings is 2. The van der Waals surface area contributed by atoms with Crippen LogP contribution in [-0.4, -0.2) is 27.8 Å². The summed E-state index contributed by atoms with van der Waals surface area (Å²) in [5.41, 5.74) is 4.67. The minimum atomic E-state index is -0.487. The number of carbonyl (C=O) groups is 1. The Morgan fingerprint density at radius 3 is 2.86 bits per heavy atom. The minimum Gasteiger partial charge on any atom is -0.272 e. The summed E-state index contributed by atoms with van der Waals surface area (Å²) in [5, 5.41) is 17.1. The second-order valence-electron chi connectivity index (χ2n) is 5.44. The Bertz CT molecular complexity index is 1020. The molecule has 0 saturated carbocycles. The second-order valence-corrected chi connectivity index (χ2v) is 7.96. The van der Waals surface area contributed by atoms with Crippen LogP contribution in [0.15, 0.2) is 63.4 Å². The lowest BCUT2D eigenvalue weighted by atomic mass is 10.2. The van der Waals surface area contributed by atoms with Crippen molar-refractivity contribution >= 4 is 52.5 Å². The Morgan fingerprint density at radius 2 is 2.11 bits per heavy atom. The molecule has 0 unspecified atom stereocenters. The van der Waals surface area contributed by atoms with Gasteiger partial charge in [-0.15, -0.1) is 11.3 Å². The van der Waals surface area contributed by atoms with E-state index in [4.69, 9.17) is 11.6 Å². The van der Waals surface area contributed by atoms with Crippen LogP contribution in [0.5, 0.6) is 0 Å². The number of nitro benzene ring substituents is 1. The maximum atomic E-state index is 11.9. The van der Waals surface area contributed by atoms with E-state index in [0.29, 0.717) is 10.6 Å². The van der Waals surface area contributed by atoms with Gasteiger partial charge in [-0.3, -0.25) is 14.9 Å². The summed E-state index contributed by atoms with van der Waals surface area (Å²) in [5.74, 6) is -0.144. The molecule has 1 N–H and O–H groups in total. The summed E-state index contributed by atoms with van der Waals surface area (Å²) in [4.78, 5) is 26.6. The number of nitrogens with one attached hydrogen (secondary N) is 1. The Hall–Kier alpha value is -2.75. The number of amides is 1. The highest BCUT2D eigenvalue weighted by Gasteiger charge is 2.08. The number of nitro groups is 1. The second kappa shape index (κ2) is 9.45. The van der Waals surface area contributed by atoms with Crippen LogP contribution in [-0.2, 0) is 4.79 Å². The average Bonchev–Trinajstić information content (AvgIpc) is 3.16. The van der Waals surface area contributed by atoms with Gasteiger partial charge in [0.25, 0.3) is 11.6 Å². The number of carbonyl (C=O) groups excluding carboxylic acids is 1. The summed E-state index contributed by atoms with van der Waals surface area (Å²) in [6.07, 6.45) is 1.36. The molecule has 28 heavy (non-hydrogen) atoms. The van der Waals surface area contributed by atoms with Gasteiger partial charge in [-0.2, -0.15) is 5.10 Å². The van der Waals surface area contributed by atoms with Gasteiger partial charge in [-0.05, 0) is 12.1 Å². The molecule has 0 radical (unpaired) electrons. The lowest BCUT2D eigenvalue weighted by molar-refractivity contribution is -0.384. The van der Waals surface area contributed by atoms with E-state index in [0.717, 1.165) is 15.6 Å². The fraction of sp³-hybridized carbons (Fsp3) is 0.0556. The third-order valence-corrected chi connectivity index (χ3v) is 5.71. The number of hydrogen-bond acceptors (Lipinski definition) is 7. The van der Waals surface area contributed by atoms with Crippen molar-refractivity contribution in [3.8, 4) is 11.3 Å². The van der Waals surface area contributed by atoms with E-state index in [1.54, 1.807) is 24.3 Å². The van der Waals surface area contributed by atoms with Crippen LogP contribution in [0.1, 0.15) is 5.56 Å². The topological polar surface area (TPSA) is 97.5 Å². The molecule has 0 saturated heterocycles. The summed E-state index contributed by atoms with van der Waals surface area (Å²) in [6, 6.07) is 13.4. The van der Waals surface area contributed by atoms with E-state index in [-0.39, 0.29) is 17.3 Å². The highest BCUT2D eigenvalue weighted by Crippen LogP contribution is 2.28. The van der Waals surface area contributed by atoms with E-state index in [2.05, 4.69) is 15.5 Å². The Morgan fingerprint density at radius 1 is 1.32 bits per heavy atom. The average molecular weight is 433 g/mol. The highest BCUT2D eigenvalue weighted by molar-refractivity contribution is 8.01. The molecule has 3 rings (SSSR count). The van der Waals surface area contributed by atoms with Gasteiger partial charge in [-0.25, -0.2) is 10.4 Å². The van der Waals surface area contributed by atoms with Gasteiger partial charge in [0.1, 0.15) is 0 Å². The Kier molecular flexibility index (Phi) is 6.75. The van der Waals surface area contributed by atoms with E-state index in [9.17, 15) is 14.9 Å². The molecule has 0 fully saturated rings. The monoisotopic (exact) mass is 432 g/mol. The van der Waals surface area contributed by atoms with Gasteiger partial charge in [0.15, 0.2) is 4.34 Å². The maximum absolute atomic E-state index is 11.9. The summed E-state index contributed by atoms with van der Waals surface area (Å²) < 4.78 is 0.766. The van der Waals surface area contributed by atoms with Crippen molar-refractivity contribution in [1.82, 2.24) is 10.4 Å². The van der Waals surface area contributed by atoms with E-state index in [1.807, 2.05) is 17.5 Å². The quantitative estimate of drug-likeness (QED) is 0.254. The largest absolute Gasteiger partial charge is 0.272 e. The molecule has 1 heterocycles. The van der Waals surface area contributed by atoms with E-state index in [1.165, 1.54) is 41.4 Å². The molecule has 7 nitrogen and oxygen atoms in total. The zero-order valence-electron chi connectivity index (χ0n) is 14.2. The Balaban J connectivity index is 1.50. The lowest BCUT2D eigenvalue weighted by Gasteiger charge is -1.98. The van der Waals surface area contributed by atoms with Crippen LogP contribution in [0.2, 0.25) is 5.02 Å². The molecule has 3 aromatic rings. The number of halogens is 1. The third-order valence-electron chi connectivity index (χ3n) is 3.43. The lowest BCUT2D eigenvalue weighted by Crippen LogP contribution is -2.19. The number of thiazole rings is 1. The number of nitrogens with zero attached hydrogens (tertiary/aromatic N) is 3. The van der Waals surface area contributed by atoms with Gasteiger partial charge < -0.3 is 0 Å². The normalized spacial score (nSPS) is 10.9. The minimum absolute atomic E-state index is 0.0360. The molecule has 0 bridgehead atoms. The number of hydrogen-bond donors (Lipinski definition) is 1. The van der Waals surface area contributed by atoms with Crippen LogP contribution in [0.25, 0.3) is 11.3 Å². The molecular weight excluding hydrogens is 420 g/mol. The van der Waals surface area contributed by atoms with Gasteiger partial charge in [-0.1, -0.05) is 47.6 Å². The zero-order valence-corrected chi connectivity index (χ0v) is 16.6. The molecule has 0 atom stereocenters. The number of non-ortho nitro benzene ring substituents is 1. The highest BCUT2D eigenvalue weighted by atomic mass is 35.5. The molecule has 142 valence electrons. The first kappa shape index (κ1) is 20.0. The number of aromatic nitrogens is 1. The SMILES string of the molecule is O=C(CSc1nc(-c2ccc(Cl)cc2)cs1)N/N=C/c1cccc([N+](=O)[O-])c1. The predicted octanol–water partition coefficient (Wildman–Crippen LogP) is 4.61. The van der Waals surface area contributed by atoms with Crippen molar-refractivity contribution in [3.05, 3.63) is 74.6 Å². The van der Waals surface area contributed by atoms with Crippen molar-refractivity contribution in [2.75, 3.05) is 5.75 Å². The predicted molar refractivity (Wildman–Crippen MR) is 112 cm³/mol. The number of thioether (sulfide) groups is 1. The fourth-order valence-corrected chi connectivity index (χ4v) is 3.89. The fourth-order valence-electron chi connectivity index (χ4n) is 2.13. The molecule has 2 aromatic carbocycles. The molecule has 0 spiro atoms. The van der Waals surface area contributed by atoms with Crippen molar-refractivity contribution in [2.24, 2.45) is 5.10 Å². The van der Waals surface area contributed by atoms with E-state index < -0.39 is 4.92 Å². The molecule has 1 amide bonds. The third kappa shape index (κ3) is 5.62. The van der Waals surface area contributed by atoms with Crippen molar-refractivity contribution in [3.63, 3.8) is 0 Å².